The fourth-order valence-electron chi connectivity index (χ4n) is 5.16. The Bertz CT molecular complexity index is 778. The van der Waals surface area contributed by atoms with Crippen molar-refractivity contribution in [1.82, 2.24) is 0 Å². The molecule has 1 aromatic rings. The molecule has 1 aromatic carbocycles. The molecule has 0 aliphatic carbocycles. The third-order valence-corrected chi connectivity index (χ3v) is 6.10. The molecule has 126 valence electrons. The summed E-state index contributed by atoms with van der Waals surface area (Å²) in [4.78, 5) is 27.6. The van der Waals surface area contributed by atoms with E-state index >= 15 is 0 Å². The molecule has 6 heteroatoms. The van der Waals surface area contributed by atoms with Gasteiger partial charge >= 0.3 is 5.97 Å². The van der Waals surface area contributed by atoms with Crippen molar-refractivity contribution in [2.75, 3.05) is 18.1 Å². The van der Waals surface area contributed by atoms with Gasteiger partial charge in [0, 0.05) is 24.5 Å². The predicted octanol–water partition coefficient (Wildman–Crippen LogP) is 1.72. The summed E-state index contributed by atoms with van der Waals surface area (Å²) in [6.45, 7) is 4.51. The maximum atomic E-state index is 13.3. The van der Waals surface area contributed by atoms with Crippen LogP contribution in [0.1, 0.15) is 32.3 Å². The van der Waals surface area contributed by atoms with E-state index in [0.717, 1.165) is 17.7 Å². The van der Waals surface area contributed by atoms with Crippen molar-refractivity contribution in [3.05, 3.63) is 29.8 Å². The molecule has 4 aliphatic heterocycles. The van der Waals surface area contributed by atoms with Gasteiger partial charge in [0.2, 0.25) is 5.60 Å². The molecule has 6 nitrogen and oxygen atoms in total. The first-order valence-corrected chi connectivity index (χ1v) is 8.47. The van der Waals surface area contributed by atoms with Crippen LogP contribution in [-0.4, -0.2) is 36.4 Å². The lowest BCUT2D eigenvalue weighted by Crippen LogP contribution is -2.64. The number of ether oxygens (including phenoxy) is 3. The Kier molecular flexibility index (Phi) is 2.51. The number of benzene rings is 1. The zero-order valence-electron chi connectivity index (χ0n) is 13.7. The number of rotatable bonds is 2. The summed E-state index contributed by atoms with van der Waals surface area (Å²) in [7, 11) is 0. The Balaban J connectivity index is 1.75. The number of anilines is 1. The van der Waals surface area contributed by atoms with Gasteiger partial charge in [-0.15, -0.1) is 0 Å². The van der Waals surface area contributed by atoms with Gasteiger partial charge in [-0.1, -0.05) is 18.2 Å². The summed E-state index contributed by atoms with van der Waals surface area (Å²) < 4.78 is 17.7. The van der Waals surface area contributed by atoms with Crippen LogP contribution in [0, 0.1) is 5.92 Å². The lowest BCUT2D eigenvalue weighted by atomic mass is 9.73. The van der Waals surface area contributed by atoms with E-state index in [4.69, 9.17) is 14.2 Å². The highest BCUT2D eigenvalue weighted by molar-refractivity contribution is 6.18. The number of nitrogens with zero attached hydrogens (tertiary/aromatic N) is 1. The molecule has 2 bridgehead atoms. The van der Waals surface area contributed by atoms with Gasteiger partial charge in [-0.3, -0.25) is 9.69 Å². The summed E-state index contributed by atoms with van der Waals surface area (Å²) in [5.41, 5.74) is -1.51. The number of esters is 1. The van der Waals surface area contributed by atoms with E-state index < -0.39 is 22.9 Å². The first kappa shape index (κ1) is 14.4. The molecule has 1 spiro atoms. The van der Waals surface area contributed by atoms with Crippen molar-refractivity contribution in [3.63, 3.8) is 0 Å². The fraction of sp³-hybridized carbons (Fsp3) is 0.556. The fourth-order valence-corrected chi connectivity index (χ4v) is 5.16. The average Bonchev–Trinajstić information content (AvgIpc) is 3.13. The van der Waals surface area contributed by atoms with Crippen molar-refractivity contribution in [2.24, 2.45) is 5.92 Å². The lowest BCUT2D eigenvalue weighted by Gasteiger charge is -2.49. The molecule has 24 heavy (non-hydrogen) atoms. The topological polar surface area (TPSA) is 65.1 Å². The maximum absolute atomic E-state index is 13.3. The minimum Gasteiger partial charge on any atom is -0.463 e. The predicted molar refractivity (Wildman–Crippen MR) is 83.1 cm³/mol. The van der Waals surface area contributed by atoms with E-state index in [1.807, 2.05) is 31.2 Å². The average molecular weight is 329 g/mol. The number of carbonyl (C=O) groups excluding carboxylic acids is 2. The van der Waals surface area contributed by atoms with Gasteiger partial charge in [-0.2, -0.15) is 0 Å². The zero-order chi connectivity index (χ0) is 16.7. The third-order valence-electron chi connectivity index (χ3n) is 6.10. The SMILES string of the molecule is CCOC(=O)[C@@]12C[C@@H]3CCOC4(C)c5ccccc5N(C1=O)[C@@]34O2. The normalized spacial score (nSPS) is 41.3. The van der Waals surface area contributed by atoms with Crippen molar-refractivity contribution < 1.29 is 23.8 Å². The summed E-state index contributed by atoms with van der Waals surface area (Å²) in [6.07, 6.45) is 1.13. The van der Waals surface area contributed by atoms with Crippen molar-refractivity contribution in [3.8, 4) is 0 Å². The van der Waals surface area contributed by atoms with E-state index in [1.54, 1.807) is 11.8 Å². The van der Waals surface area contributed by atoms with Crippen LogP contribution in [0.5, 0.6) is 0 Å². The Morgan fingerprint density at radius 3 is 3.00 bits per heavy atom. The second-order valence-electron chi connectivity index (χ2n) is 7.08. The minimum atomic E-state index is -1.52. The highest BCUT2D eigenvalue weighted by Crippen LogP contribution is 2.68. The molecule has 4 heterocycles. The smallest absolute Gasteiger partial charge is 0.348 e. The van der Waals surface area contributed by atoms with E-state index in [0.29, 0.717) is 13.0 Å². The molecule has 0 aromatic heterocycles. The molecule has 0 radical (unpaired) electrons. The number of para-hydroxylation sites is 1. The van der Waals surface area contributed by atoms with Crippen LogP contribution in [-0.2, 0) is 29.4 Å². The Labute approximate surface area is 139 Å². The second kappa shape index (κ2) is 4.18. The first-order chi connectivity index (χ1) is 11.5. The molecule has 0 N–H and O–H groups in total. The number of hydrogen-bond acceptors (Lipinski definition) is 5. The van der Waals surface area contributed by atoms with Crippen molar-refractivity contribution in [1.29, 1.82) is 0 Å². The molecule has 4 atom stereocenters. The van der Waals surface area contributed by atoms with Gasteiger partial charge < -0.3 is 14.2 Å². The summed E-state index contributed by atoms with van der Waals surface area (Å²) >= 11 is 0. The van der Waals surface area contributed by atoms with Gasteiger partial charge in [-0.05, 0) is 26.3 Å². The maximum Gasteiger partial charge on any atom is 0.348 e. The summed E-state index contributed by atoms with van der Waals surface area (Å²) in [5, 5.41) is 0. The number of piperidine rings is 1. The van der Waals surface area contributed by atoms with Crippen LogP contribution in [0.4, 0.5) is 5.69 Å². The number of amides is 1. The summed E-state index contributed by atoms with van der Waals surface area (Å²) in [6, 6.07) is 7.70. The first-order valence-electron chi connectivity index (χ1n) is 8.47. The van der Waals surface area contributed by atoms with Crippen LogP contribution < -0.4 is 4.90 Å². The van der Waals surface area contributed by atoms with E-state index in [9.17, 15) is 9.59 Å². The largest absolute Gasteiger partial charge is 0.463 e. The monoisotopic (exact) mass is 329 g/mol. The molecule has 1 unspecified atom stereocenters. The minimum absolute atomic E-state index is 0.0470. The Morgan fingerprint density at radius 1 is 1.42 bits per heavy atom. The van der Waals surface area contributed by atoms with Crippen LogP contribution in [0.15, 0.2) is 24.3 Å². The molecule has 3 fully saturated rings. The van der Waals surface area contributed by atoms with Gasteiger partial charge in [-0.25, -0.2) is 4.79 Å². The zero-order valence-corrected chi connectivity index (χ0v) is 13.7. The highest BCUT2D eigenvalue weighted by Gasteiger charge is 2.83. The number of hydrogen-bond donors (Lipinski definition) is 0. The van der Waals surface area contributed by atoms with E-state index in [2.05, 4.69) is 0 Å². The van der Waals surface area contributed by atoms with Crippen LogP contribution in [0.3, 0.4) is 0 Å². The van der Waals surface area contributed by atoms with Gasteiger partial charge in [0.25, 0.3) is 5.91 Å². The van der Waals surface area contributed by atoms with Gasteiger partial charge in [0.05, 0.1) is 12.3 Å². The van der Waals surface area contributed by atoms with Gasteiger partial charge in [0.15, 0.2) is 5.72 Å². The van der Waals surface area contributed by atoms with E-state index in [-0.39, 0.29) is 18.4 Å². The Hall–Kier alpha value is -1.92. The second-order valence-corrected chi connectivity index (χ2v) is 7.08. The highest BCUT2D eigenvalue weighted by atomic mass is 16.6. The van der Waals surface area contributed by atoms with Crippen LogP contribution in [0.2, 0.25) is 0 Å². The van der Waals surface area contributed by atoms with Gasteiger partial charge in [0.1, 0.15) is 5.60 Å². The van der Waals surface area contributed by atoms with Crippen LogP contribution >= 0.6 is 0 Å². The van der Waals surface area contributed by atoms with E-state index in [1.165, 1.54) is 0 Å². The third kappa shape index (κ3) is 1.23. The van der Waals surface area contributed by atoms with Crippen molar-refractivity contribution >= 4 is 17.6 Å². The summed E-state index contributed by atoms with van der Waals surface area (Å²) in [5.74, 6) is -0.849. The quantitative estimate of drug-likeness (QED) is 0.610. The number of fused-ring (bicyclic) bond motifs is 4. The molecular formula is C18H19NO5. The molecule has 0 saturated carbocycles. The van der Waals surface area contributed by atoms with Crippen molar-refractivity contribution in [2.45, 2.75) is 43.6 Å². The molecule has 1 amide bonds. The number of carbonyl (C=O) groups is 2. The van der Waals surface area contributed by atoms with Crippen LogP contribution in [0.25, 0.3) is 0 Å². The molecule has 5 rings (SSSR count). The molecular weight excluding hydrogens is 310 g/mol. The Morgan fingerprint density at radius 2 is 2.21 bits per heavy atom. The standard InChI is InChI=1S/C18H19NO5/c1-3-22-15(21)17-10-11-8-9-23-16(2)12-6-4-5-7-13(12)19(14(17)20)18(11,16)24-17/h4-7,11H,3,8-10H2,1-2H3/t11-,16?,17+,18+/m0/s1. The molecule has 3 saturated heterocycles. The molecule has 4 aliphatic rings. The lowest BCUT2D eigenvalue weighted by molar-refractivity contribution is -0.227.